The summed E-state index contributed by atoms with van der Waals surface area (Å²) in [5, 5.41) is 8.31. The Balaban J connectivity index is 1.93. The minimum absolute atomic E-state index is 0.719. The lowest BCUT2D eigenvalue weighted by atomic mass is 9.90. The van der Waals surface area contributed by atoms with Crippen LogP contribution in [0.25, 0.3) is 33.7 Å². The van der Waals surface area contributed by atoms with E-state index in [1.165, 1.54) is 11.1 Å². The Bertz CT molecular complexity index is 1010. The summed E-state index contributed by atoms with van der Waals surface area (Å²) in [6.07, 6.45) is 3.29. The third kappa shape index (κ3) is 3.54. The van der Waals surface area contributed by atoms with Gasteiger partial charge in [0, 0.05) is 16.4 Å². The summed E-state index contributed by atoms with van der Waals surface area (Å²) >= 11 is 0. The van der Waals surface area contributed by atoms with Crippen LogP contribution in [0.1, 0.15) is 25.3 Å². The maximum atomic E-state index is 5.59. The molecule has 0 saturated carbocycles. The predicted octanol–water partition coefficient (Wildman–Crippen LogP) is 6.41. The second-order valence-electron chi connectivity index (χ2n) is 6.63. The SMILES string of the molecule is CCCCc1cccc(-c2ccccc2)c1-c1nnoc1-c1ccccc1. The number of rotatable bonds is 6. The van der Waals surface area contributed by atoms with Gasteiger partial charge >= 0.3 is 0 Å². The summed E-state index contributed by atoms with van der Waals surface area (Å²) in [5.74, 6) is 0.719. The summed E-state index contributed by atoms with van der Waals surface area (Å²) in [7, 11) is 0. The summed E-state index contributed by atoms with van der Waals surface area (Å²) in [4.78, 5) is 0. The topological polar surface area (TPSA) is 38.9 Å². The fourth-order valence-corrected chi connectivity index (χ4v) is 3.45. The van der Waals surface area contributed by atoms with Crippen molar-refractivity contribution in [1.29, 1.82) is 0 Å². The average Bonchev–Trinajstić information content (AvgIpc) is 3.22. The van der Waals surface area contributed by atoms with E-state index in [1.807, 2.05) is 36.4 Å². The zero-order valence-corrected chi connectivity index (χ0v) is 15.4. The number of aromatic nitrogens is 2. The van der Waals surface area contributed by atoms with E-state index in [4.69, 9.17) is 4.52 Å². The Morgan fingerprint density at radius 2 is 1.48 bits per heavy atom. The van der Waals surface area contributed by atoms with Crippen molar-refractivity contribution in [3.8, 4) is 33.7 Å². The molecular formula is C24H22N2O. The number of nitrogens with zero attached hydrogens (tertiary/aromatic N) is 2. The molecule has 0 aliphatic rings. The number of unbranched alkanes of at least 4 members (excludes halogenated alkanes) is 1. The van der Waals surface area contributed by atoms with Crippen molar-refractivity contribution in [2.75, 3.05) is 0 Å². The molecule has 4 aromatic rings. The molecule has 1 aromatic heterocycles. The van der Waals surface area contributed by atoms with E-state index in [1.54, 1.807) is 0 Å². The fraction of sp³-hybridized carbons (Fsp3) is 0.167. The van der Waals surface area contributed by atoms with Gasteiger partial charge in [0.15, 0.2) is 5.76 Å². The van der Waals surface area contributed by atoms with Crippen LogP contribution in [0.5, 0.6) is 0 Å². The van der Waals surface area contributed by atoms with Crippen LogP contribution < -0.4 is 0 Å². The van der Waals surface area contributed by atoms with E-state index in [0.29, 0.717) is 0 Å². The summed E-state index contributed by atoms with van der Waals surface area (Å²) < 4.78 is 5.59. The Morgan fingerprint density at radius 1 is 0.778 bits per heavy atom. The maximum absolute atomic E-state index is 5.59. The van der Waals surface area contributed by atoms with Gasteiger partial charge in [-0.1, -0.05) is 92.2 Å². The van der Waals surface area contributed by atoms with Gasteiger partial charge in [-0.2, -0.15) is 0 Å². The van der Waals surface area contributed by atoms with Crippen molar-refractivity contribution in [2.45, 2.75) is 26.2 Å². The van der Waals surface area contributed by atoms with Gasteiger partial charge in [-0.3, -0.25) is 0 Å². The van der Waals surface area contributed by atoms with Crippen molar-refractivity contribution in [1.82, 2.24) is 10.4 Å². The molecule has 0 aliphatic carbocycles. The van der Waals surface area contributed by atoms with Crippen molar-refractivity contribution in [3.05, 3.63) is 84.4 Å². The summed E-state index contributed by atoms with van der Waals surface area (Å²) in [6, 6.07) is 27.0. The summed E-state index contributed by atoms with van der Waals surface area (Å²) in [6.45, 7) is 2.22. The first-order valence-electron chi connectivity index (χ1n) is 9.44. The molecule has 0 amide bonds. The molecule has 3 nitrogen and oxygen atoms in total. The highest BCUT2D eigenvalue weighted by molar-refractivity contribution is 5.89. The molecule has 0 aliphatic heterocycles. The van der Waals surface area contributed by atoms with Crippen LogP contribution in [0.2, 0.25) is 0 Å². The van der Waals surface area contributed by atoms with Crippen molar-refractivity contribution in [3.63, 3.8) is 0 Å². The smallest absolute Gasteiger partial charge is 0.195 e. The first-order chi connectivity index (χ1) is 13.4. The van der Waals surface area contributed by atoms with Gasteiger partial charge in [-0.15, -0.1) is 5.10 Å². The van der Waals surface area contributed by atoms with Crippen LogP contribution in [-0.2, 0) is 6.42 Å². The lowest BCUT2D eigenvalue weighted by Crippen LogP contribution is -1.96. The van der Waals surface area contributed by atoms with Gasteiger partial charge in [0.1, 0.15) is 5.69 Å². The molecule has 0 saturated heterocycles. The molecule has 0 bridgehead atoms. The minimum Gasteiger partial charge on any atom is -0.336 e. The number of benzene rings is 3. The minimum atomic E-state index is 0.719. The Kier molecular flexibility index (Phi) is 5.10. The van der Waals surface area contributed by atoms with Gasteiger partial charge in [-0.25, -0.2) is 0 Å². The number of hydrogen-bond acceptors (Lipinski definition) is 3. The molecule has 3 aromatic carbocycles. The highest BCUT2D eigenvalue weighted by Gasteiger charge is 2.21. The van der Waals surface area contributed by atoms with Gasteiger partial charge in [-0.05, 0) is 29.5 Å². The molecule has 27 heavy (non-hydrogen) atoms. The largest absolute Gasteiger partial charge is 0.336 e. The molecule has 0 radical (unpaired) electrons. The third-order valence-electron chi connectivity index (χ3n) is 4.80. The molecule has 134 valence electrons. The zero-order valence-electron chi connectivity index (χ0n) is 15.4. The standard InChI is InChI=1S/C24H22N2O/c1-2-3-11-19-16-10-17-21(18-12-6-4-7-13-18)22(19)23-24(27-26-25-23)20-14-8-5-9-15-20/h4-10,12-17H,2-3,11H2,1H3. The van der Waals surface area contributed by atoms with Gasteiger partial charge in [0.05, 0.1) is 0 Å². The zero-order chi connectivity index (χ0) is 18.5. The van der Waals surface area contributed by atoms with Crippen molar-refractivity contribution in [2.24, 2.45) is 0 Å². The number of aryl methyl sites for hydroxylation is 1. The third-order valence-corrected chi connectivity index (χ3v) is 4.80. The molecule has 0 N–H and O–H groups in total. The quantitative estimate of drug-likeness (QED) is 0.401. The van der Waals surface area contributed by atoms with Crippen LogP contribution in [0.15, 0.2) is 83.4 Å². The molecular weight excluding hydrogens is 332 g/mol. The van der Waals surface area contributed by atoms with E-state index < -0.39 is 0 Å². The van der Waals surface area contributed by atoms with E-state index >= 15 is 0 Å². The Morgan fingerprint density at radius 3 is 2.19 bits per heavy atom. The molecule has 0 spiro atoms. The normalized spacial score (nSPS) is 10.9. The van der Waals surface area contributed by atoms with E-state index in [0.717, 1.165) is 47.4 Å². The molecule has 3 heteroatoms. The molecule has 0 fully saturated rings. The monoisotopic (exact) mass is 354 g/mol. The highest BCUT2D eigenvalue weighted by atomic mass is 16.5. The van der Waals surface area contributed by atoms with Gasteiger partial charge < -0.3 is 4.52 Å². The van der Waals surface area contributed by atoms with E-state index in [9.17, 15) is 0 Å². The lowest BCUT2D eigenvalue weighted by Gasteiger charge is -2.14. The van der Waals surface area contributed by atoms with Crippen LogP contribution >= 0.6 is 0 Å². The van der Waals surface area contributed by atoms with E-state index in [-0.39, 0.29) is 0 Å². The average molecular weight is 354 g/mol. The second-order valence-corrected chi connectivity index (χ2v) is 6.63. The lowest BCUT2D eigenvalue weighted by molar-refractivity contribution is 0.403. The molecule has 4 rings (SSSR count). The van der Waals surface area contributed by atoms with Crippen molar-refractivity contribution >= 4 is 0 Å². The predicted molar refractivity (Wildman–Crippen MR) is 109 cm³/mol. The van der Waals surface area contributed by atoms with Gasteiger partial charge in [0.25, 0.3) is 0 Å². The maximum Gasteiger partial charge on any atom is 0.195 e. The molecule has 0 unspecified atom stereocenters. The van der Waals surface area contributed by atoms with E-state index in [2.05, 4.69) is 59.8 Å². The highest BCUT2D eigenvalue weighted by Crippen LogP contribution is 2.39. The number of hydrogen-bond donors (Lipinski definition) is 0. The molecule has 0 atom stereocenters. The first kappa shape index (κ1) is 17.2. The summed E-state index contributed by atoms with van der Waals surface area (Å²) in [5.41, 5.74) is 6.54. The van der Waals surface area contributed by atoms with Crippen LogP contribution in [0.3, 0.4) is 0 Å². The Labute approximate surface area is 159 Å². The van der Waals surface area contributed by atoms with Crippen LogP contribution in [-0.4, -0.2) is 10.4 Å². The van der Waals surface area contributed by atoms with Gasteiger partial charge in [0.2, 0.25) is 0 Å². The van der Waals surface area contributed by atoms with Crippen LogP contribution in [0, 0.1) is 0 Å². The second kappa shape index (κ2) is 8.00. The Hall–Kier alpha value is -3.20. The van der Waals surface area contributed by atoms with Crippen molar-refractivity contribution < 1.29 is 4.52 Å². The fourth-order valence-electron chi connectivity index (χ4n) is 3.45. The first-order valence-corrected chi connectivity index (χ1v) is 9.44. The van der Waals surface area contributed by atoms with Crippen LogP contribution in [0.4, 0.5) is 0 Å². The molecule has 1 heterocycles.